The molecule has 4 nitrogen and oxygen atoms in total. The van der Waals surface area contributed by atoms with Crippen molar-refractivity contribution in [2.75, 3.05) is 0 Å². The minimum Gasteiger partial charge on any atom is -0.301 e. The zero-order chi connectivity index (χ0) is 13.2. The summed E-state index contributed by atoms with van der Waals surface area (Å²) in [6.07, 6.45) is 5.55. The van der Waals surface area contributed by atoms with Crippen LogP contribution in [0.5, 0.6) is 0 Å². The number of aryl methyl sites for hydroxylation is 1. The number of rotatable bonds is 3. The third-order valence-electron chi connectivity index (χ3n) is 3.13. The summed E-state index contributed by atoms with van der Waals surface area (Å²) in [7, 11) is 0. The Morgan fingerprint density at radius 2 is 2.32 bits per heavy atom. The Hall–Kier alpha value is -1.69. The van der Waals surface area contributed by atoms with E-state index in [1.54, 1.807) is 0 Å². The number of aromatic amines is 1. The maximum absolute atomic E-state index is 13.4. The predicted octanol–water partition coefficient (Wildman–Crippen LogP) is 2.08. The summed E-state index contributed by atoms with van der Waals surface area (Å²) in [4.78, 5) is 22.9. The summed E-state index contributed by atoms with van der Waals surface area (Å²) in [5, 5.41) is 0.550. The fourth-order valence-corrected chi connectivity index (χ4v) is 2.99. The van der Waals surface area contributed by atoms with Crippen LogP contribution >= 0.6 is 11.8 Å². The number of nitrogens with zero attached hydrogens (tertiary/aromatic N) is 2. The largest absolute Gasteiger partial charge is 0.301 e. The molecule has 6 heteroatoms. The molecule has 98 valence electrons. The fourth-order valence-electron chi connectivity index (χ4n) is 2.15. The van der Waals surface area contributed by atoms with Crippen molar-refractivity contribution < 1.29 is 4.39 Å². The fraction of sp³-hybridized carbons (Fsp3) is 0.308. The Labute approximate surface area is 113 Å². The van der Waals surface area contributed by atoms with Gasteiger partial charge in [0.2, 0.25) is 0 Å². The third-order valence-corrected chi connectivity index (χ3v) is 4.05. The molecule has 0 saturated carbocycles. The second-order valence-corrected chi connectivity index (χ2v) is 5.37. The van der Waals surface area contributed by atoms with Gasteiger partial charge in [-0.25, -0.2) is 9.37 Å². The number of thioether (sulfide) groups is 1. The van der Waals surface area contributed by atoms with Gasteiger partial charge in [-0.05, 0) is 25.3 Å². The first kappa shape index (κ1) is 12.3. The van der Waals surface area contributed by atoms with Crippen molar-refractivity contribution in [1.82, 2.24) is 15.0 Å². The van der Waals surface area contributed by atoms with Crippen molar-refractivity contribution >= 4 is 11.8 Å². The van der Waals surface area contributed by atoms with Gasteiger partial charge < -0.3 is 4.98 Å². The van der Waals surface area contributed by atoms with E-state index >= 15 is 0 Å². The van der Waals surface area contributed by atoms with E-state index < -0.39 is 0 Å². The van der Waals surface area contributed by atoms with Crippen LogP contribution in [0, 0.1) is 5.82 Å². The zero-order valence-electron chi connectivity index (χ0n) is 10.1. The van der Waals surface area contributed by atoms with Gasteiger partial charge in [0.25, 0.3) is 5.56 Å². The number of H-pyrrole nitrogens is 1. The van der Waals surface area contributed by atoms with Crippen LogP contribution in [0.1, 0.15) is 23.2 Å². The van der Waals surface area contributed by atoms with Crippen molar-refractivity contribution in [2.45, 2.75) is 30.2 Å². The average molecular weight is 277 g/mol. The third kappa shape index (κ3) is 2.53. The smallest absolute Gasteiger partial charge is 0.254 e. The summed E-state index contributed by atoms with van der Waals surface area (Å²) >= 11 is 1.32. The summed E-state index contributed by atoms with van der Waals surface area (Å²) < 4.78 is 13.4. The lowest BCUT2D eigenvalue weighted by Crippen LogP contribution is -2.14. The first-order chi connectivity index (χ1) is 9.24. The van der Waals surface area contributed by atoms with Crippen LogP contribution in [0.4, 0.5) is 4.39 Å². The molecule has 0 aromatic carbocycles. The molecular formula is C13H12FN3OS. The molecule has 0 spiro atoms. The number of fused-ring (bicyclic) bond motifs is 1. The van der Waals surface area contributed by atoms with Gasteiger partial charge in [0, 0.05) is 29.3 Å². The Bertz CT molecular complexity index is 671. The van der Waals surface area contributed by atoms with E-state index in [0.29, 0.717) is 16.5 Å². The highest BCUT2D eigenvalue weighted by molar-refractivity contribution is 7.98. The molecule has 1 N–H and O–H groups in total. The van der Waals surface area contributed by atoms with E-state index in [0.717, 1.165) is 30.5 Å². The summed E-state index contributed by atoms with van der Waals surface area (Å²) in [5.74, 6) is 0.118. The molecule has 2 aromatic rings. The molecule has 0 bridgehead atoms. The highest BCUT2D eigenvalue weighted by atomic mass is 32.2. The Balaban J connectivity index is 1.80. The second kappa shape index (κ2) is 5.13. The van der Waals surface area contributed by atoms with Gasteiger partial charge in [0.1, 0.15) is 5.82 Å². The summed E-state index contributed by atoms with van der Waals surface area (Å²) in [6.45, 7) is 0. The minimum atomic E-state index is -0.286. The van der Waals surface area contributed by atoms with Gasteiger partial charge in [0.15, 0.2) is 5.16 Å². The first-order valence-corrected chi connectivity index (χ1v) is 7.06. The van der Waals surface area contributed by atoms with Crippen LogP contribution in [0.25, 0.3) is 0 Å². The first-order valence-electron chi connectivity index (χ1n) is 6.07. The Kier molecular flexibility index (Phi) is 3.33. The van der Waals surface area contributed by atoms with E-state index in [9.17, 15) is 9.18 Å². The molecule has 2 heterocycles. The lowest BCUT2D eigenvalue weighted by atomic mass is 10.3. The number of aromatic nitrogens is 3. The number of halogens is 1. The molecule has 1 aliphatic carbocycles. The van der Waals surface area contributed by atoms with E-state index in [-0.39, 0.29) is 11.4 Å². The van der Waals surface area contributed by atoms with Gasteiger partial charge in [0.05, 0.1) is 5.69 Å². The van der Waals surface area contributed by atoms with E-state index in [1.807, 2.05) is 0 Å². The lowest BCUT2D eigenvalue weighted by Gasteiger charge is -2.04. The van der Waals surface area contributed by atoms with E-state index in [1.165, 1.54) is 30.2 Å². The molecule has 3 rings (SSSR count). The Morgan fingerprint density at radius 1 is 1.42 bits per heavy atom. The van der Waals surface area contributed by atoms with Crippen molar-refractivity contribution in [1.29, 1.82) is 0 Å². The highest BCUT2D eigenvalue weighted by Gasteiger charge is 2.17. The number of pyridine rings is 1. The molecule has 0 aliphatic heterocycles. The van der Waals surface area contributed by atoms with Gasteiger partial charge in [-0.15, -0.1) is 0 Å². The maximum Gasteiger partial charge on any atom is 0.254 e. The molecule has 0 amide bonds. The number of nitrogens with one attached hydrogen (secondary N) is 1. The molecule has 0 atom stereocenters. The van der Waals surface area contributed by atoms with Crippen LogP contribution < -0.4 is 5.56 Å². The molecule has 19 heavy (non-hydrogen) atoms. The standard InChI is InChI=1S/C13H12FN3OS/c14-10-4-5-15-6-8(10)7-19-13-16-11-3-1-2-9(11)12(18)17-13/h4-6H,1-3,7H2,(H,16,17,18). The maximum atomic E-state index is 13.4. The topological polar surface area (TPSA) is 58.6 Å². The van der Waals surface area contributed by atoms with Crippen molar-refractivity contribution in [3.05, 3.63) is 51.5 Å². The SMILES string of the molecule is O=c1[nH]c(SCc2cnccc2F)nc2c1CCC2. The quantitative estimate of drug-likeness (QED) is 0.689. The zero-order valence-corrected chi connectivity index (χ0v) is 11.0. The number of hydrogen-bond acceptors (Lipinski definition) is 4. The molecule has 0 saturated heterocycles. The molecule has 2 aromatic heterocycles. The van der Waals surface area contributed by atoms with Crippen molar-refractivity contribution in [2.24, 2.45) is 0 Å². The van der Waals surface area contributed by atoms with Gasteiger partial charge in [-0.1, -0.05) is 11.8 Å². The minimum absolute atomic E-state index is 0.0586. The molecule has 0 fully saturated rings. The number of hydrogen-bond donors (Lipinski definition) is 1. The van der Waals surface area contributed by atoms with Crippen LogP contribution in [0.3, 0.4) is 0 Å². The average Bonchev–Trinajstić information content (AvgIpc) is 2.87. The lowest BCUT2D eigenvalue weighted by molar-refractivity contribution is 0.614. The normalized spacial score (nSPS) is 13.5. The predicted molar refractivity (Wildman–Crippen MR) is 70.6 cm³/mol. The van der Waals surface area contributed by atoms with Crippen molar-refractivity contribution in [3.8, 4) is 0 Å². The van der Waals surface area contributed by atoms with Crippen LogP contribution in [-0.2, 0) is 18.6 Å². The summed E-state index contributed by atoms with van der Waals surface area (Å²) in [5.41, 5.74) is 2.14. The Morgan fingerprint density at radius 3 is 3.16 bits per heavy atom. The van der Waals surface area contributed by atoms with Crippen LogP contribution in [0.2, 0.25) is 0 Å². The second-order valence-electron chi connectivity index (χ2n) is 4.41. The molecule has 0 unspecified atom stereocenters. The van der Waals surface area contributed by atoms with Crippen molar-refractivity contribution in [3.63, 3.8) is 0 Å². The molecule has 1 aliphatic rings. The van der Waals surface area contributed by atoms with Crippen LogP contribution in [0.15, 0.2) is 28.4 Å². The molecular weight excluding hydrogens is 265 g/mol. The summed E-state index contributed by atoms with van der Waals surface area (Å²) in [6, 6.07) is 1.33. The van der Waals surface area contributed by atoms with Crippen LogP contribution in [-0.4, -0.2) is 15.0 Å². The van der Waals surface area contributed by atoms with E-state index in [2.05, 4.69) is 15.0 Å². The van der Waals surface area contributed by atoms with Gasteiger partial charge >= 0.3 is 0 Å². The van der Waals surface area contributed by atoms with Gasteiger partial charge in [-0.3, -0.25) is 9.78 Å². The monoisotopic (exact) mass is 277 g/mol. The molecule has 0 radical (unpaired) electrons. The van der Waals surface area contributed by atoms with Gasteiger partial charge in [-0.2, -0.15) is 0 Å². The van der Waals surface area contributed by atoms with E-state index in [4.69, 9.17) is 0 Å². The highest BCUT2D eigenvalue weighted by Crippen LogP contribution is 2.22.